The van der Waals surface area contributed by atoms with Crippen molar-refractivity contribution in [2.24, 2.45) is 5.73 Å². The number of morpholine rings is 1. The maximum absolute atomic E-state index is 12.3. The topological polar surface area (TPSA) is 96.7 Å². The van der Waals surface area contributed by atoms with Gasteiger partial charge < -0.3 is 21.1 Å². The molecule has 0 spiro atoms. The van der Waals surface area contributed by atoms with Crippen LogP contribution in [0.25, 0.3) is 0 Å². The van der Waals surface area contributed by atoms with Crippen LogP contribution in [0.5, 0.6) is 0 Å². The molecule has 0 bridgehead atoms. The SMILES string of the molecule is Cl.Cl.NC(Cc1ccccc1)C(=O)Nc1ccc(C(=O)NCCN2CCOCC2)cc1. The van der Waals surface area contributed by atoms with Gasteiger partial charge in [0.1, 0.15) is 0 Å². The van der Waals surface area contributed by atoms with Gasteiger partial charge in [0, 0.05) is 37.4 Å². The van der Waals surface area contributed by atoms with Crippen molar-refractivity contribution >= 4 is 42.3 Å². The van der Waals surface area contributed by atoms with Crippen molar-refractivity contribution in [2.75, 3.05) is 44.7 Å². The average Bonchev–Trinajstić information content (AvgIpc) is 2.75. The fraction of sp³-hybridized carbons (Fsp3) is 0.364. The Morgan fingerprint density at radius 2 is 1.65 bits per heavy atom. The predicted molar refractivity (Wildman–Crippen MR) is 127 cm³/mol. The highest BCUT2D eigenvalue weighted by molar-refractivity contribution is 5.97. The molecule has 1 fully saturated rings. The van der Waals surface area contributed by atoms with Crippen molar-refractivity contribution in [3.8, 4) is 0 Å². The number of carbonyl (C=O) groups excluding carboxylic acids is 2. The third kappa shape index (κ3) is 8.85. The quantitative estimate of drug-likeness (QED) is 0.551. The molecule has 2 aromatic rings. The molecule has 3 rings (SSSR count). The Morgan fingerprint density at radius 3 is 2.29 bits per heavy atom. The van der Waals surface area contributed by atoms with E-state index in [0.717, 1.165) is 38.4 Å². The normalized spacial score (nSPS) is 14.5. The molecule has 31 heavy (non-hydrogen) atoms. The molecule has 1 atom stereocenters. The lowest BCUT2D eigenvalue weighted by Gasteiger charge is -2.26. The molecule has 170 valence electrons. The standard InChI is InChI=1S/C22H28N4O3.2ClH/c23-20(16-17-4-2-1-3-5-17)22(28)25-19-8-6-18(7-9-19)21(27)24-10-11-26-12-14-29-15-13-26;;/h1-9,20H,10-16,23H2,(H,24,27)(H,25,28);2*1H. The molecule has 1 saturated heterocycles. The second kappa shape index (κ2) is 14.0. The van der Waals surface area contributed by atoms with E-state index in [4.69, 9.17) is 10.5 Å². The summed E-state index contributed by atoms with van der Waals surface area (Å²) in [5.41, 5.74) is 8.19. The average molecular weight is 469 g/mol. The zero-order valence-electron chi connectivity index (χ0n) is 17.3. The first-order chi connectivity index (χ1) is 14.1. The molecule has 0 radical (unpaired) electrons. The Kier molecular flexibility index (Phi) is 12.1. The minimum absolute atomic E-state index is 0. The van der Waals surface area contributed by atoms with Gasteiger partial charge in [-0.15, -0.1) is 24.8 Å². The first-order valence-corrected chi connectivity index (χ1v) is 9.90. The number of benzene rings is 2. The third-order valence-corrected chi connectivity index (χ3v) is 4.87. The van der Waals surface area contributed by atoms with Gasteiger partial charge in [-0.1, -0.05) is 30.3 Å². The molecule has 7 nitrogen and oxygen atoms in total. The highest BCUT2D eigenvalue weighted by Crippen LogP contribution is 2.11. The van der Waals surface area contributed by atoms with Crippen molar-refractivity contribution in [3.05, 3.63) is 65.7 Å². The number of hydrogen-bond acceptors (Lipinski definition) is 5. The fourth-order valence-corrected chi connectivity index (χ4v) is 3.15. The Hall–Kier alpha value is -2.16. The summed E-state index contributed by atoms with van der Waals surface area (Å²) in [6.45, 7) is 4.69. The number of hydrogen-bond donors (Lipinski definition) is 3. The number of nitrogens with one attached hydrogen (secondary N) is 2. The van der Waals surface area contributed by atoms with Crippen molar-refractivity contribution in [2.45, 2.75) is 12.5 Å². The van der Waals surface area contributed by atoms with Crippen molar-refractivity contribution in [1.29, 1.82) is 0 Å². The summed E-state index contributed by atoms with van der Waals surface area (Å²) in [6.07, 6.45) is 0.469. The van der Waals surface area contributed by atoms with Gasteiger partial charge in [0.05, 0.1) is 19.3 Å². The third-order valence-electron chi connectivity index (χ3n) is 4.87. The second-order valence-electron chi connectivity index (χ2n) is 7.07. The molecule has 0 saturated carbocycles. The largest absolute Gasteiger partial charge is 0.379 e. The van der Waals surface area contributed by atoms with E-state index >= 15 is 0 Å². The summed E-state index contributed by atoms with van der Waals surface area (Å²) in [5.74, 6) is -0.381. The van der Waals surface area contributed by atoms with Gasteiger partial charge in [-0.05, 0) is 36.2 Å². The lowest BCUT2D eigenvalue weighted by atomic mass is 10.1. The van der Waals surface area contributed by atoms with E-state index in [0.29, 0.717) is 24.2 Å². The van der Waals surface area contributed by atoms with E-state index in [1.165, 1.54) is 0 Å². The van der Waals surface area contributed by atoms with Gasteiger partial charge in [0.2, 0.25) is 5.91 Å². The zero-order valence-corrected chi connectivity index (χ0v) is 18.9. The molecule has 2 amide bonds. The fourth-order valence-electron chi connectivity index (χ4n) is 3.15. The van der Waals surface area contributed by atoms with Gasteiger partial charge in [0.25, 0.3) is 5.91 Å². The van der Waals surface area contributed by atoms with E-state index in [9.17, 15) is 9.59 Å². The summed E-state index contributed by atoms with van der Waals surface area (Å²) in [5, 5.41) is 5.72. The Morgan fingerprint density at radius 1 is 1.00 bits per heavy atom. The highest BCUT2D eigenvalue weighted by Gasteiger charge is 2.15. The van der Waals surface area contributed by atoms with Gasteiger partial charge in [-0.25, -0.2) is 0 Å². The van der Waals surface area contributed by atoms with Crippen LogP contribution in [0.1, 0.15) is 15.9 Å². The molecular formula is C22H30Cl2N4O3. The minimum Gasteiger partial charge on any atom is -0.379 e. The Bertz CT molecular complexity index is 800. The first kappa shape index (κ1) is 26.9. The Balaban J connectivity index is 0.00000240. The monoisotopic (exact) mass is 468 g/mol. The summed E-state index contributed by atoms with van der Waals surface area (Å²) in [7, 11) is 0. The first-order valence-electron chi connectivity index (χ1n) is 9.90. The van der Waals surface area contributed by atoms with Crippen LogP contribution >= 0.6 is 24.8 Å². The molecule has 0 aromatic heterocycles. The van der Waals surface area contributed by atoms with Crippen LogP contribution in [0.3, 0.4) is 0 Å². The van der Waals surface area contributed by atoms with Gasteiger partial charge in [0.15, 0.2) is 0 Å². The lowest BCUT2D eigenvalue weighted by Crippen LogP contribution is -2.41. The van der Waals surface area contributed by atoms with E-state index < -0.39 is 6.04 Å². The van der Waals surface area contributed by atoms with Crippen molar-refractivity contribution in [1.82, 2.24) is 10.2 Å². The van der Waals surface area contributed by atoms with E-state index in [1.807, 2.05) is 30.3 Å². The molecule has 1 aliphatic heterocycles. The van der Waals surface area contributed by atoms with Gasteiger partial charge >= 0.3 is 0 Å². The van der Waals surface area contributed by atoms with Crippen LogP contribution in [-0.2, 0) is 16.0 Å². The molecule has 9 heteroatoms. The number of amides is 2. The van der Waals surface area contributed by atoms with Crippen LogP contribution < -0.4 is 16.4 Å². The molecule has 0 aliphatic carbocycles. The summed E-state index contributed by atoms with van der Waals surface area (Å²) >= 11 is 0. The number of anilines is 1. The number of ether oxygens (including phenoxy) is 1. The van der Waals surface area contributed by atoms with Crippen LogP contribution in [0.4, 0.5) is 5.69 Å². The van der Waals surface area contributed by atoms with E-state index in [2.05, 4.69) is 15.5 Å². The number of nitrogens with two attached hydrogens (primary N) is 1. The number of halogens is 2. The molecule has 4 N–H and O–H groups in total. The maximum Gasteiger partial charge on any atom is 0.251 e. The molecule has 2 aromatic carbocycles. The lowest BCUT2D eigenvalue weighted by molar-refractivity contribution is -0.117. The minimum atomic E-state index is -0.638. The highest BCUT2D eigenvalue weighted by atomic mass is 35.5. The maximum atomic E-state index is 12.3. The van der Waals surface area contributed by atoms with Crippen LogP contribution in [0, 0.1) is 0 Å². The molecule has 1 aliphatic rings. The zero-order chi connectivity index (χ0) is 20.5. The smallest absolute Gasteiger partial charge is 0.251 e. The second-order valence-corrected chi connectivity index (χ2v) is 7.07. The molecule has 1 heterocycles. The van der Waals surface area contributed by atoms with E-state index in [1.54, 1.807) is 24.3 Å². The van der Waals surface area contributed by atoms with Crippen LogP contribution in [0.15, 0.2) is 54.6 Å². The number of rotatable bonds is 8. The molecular weight excluding hydrogens is 439 g/mol. The number of nitrogens with zero attached hydrogens (tertiary/aromatic N) is 1. The van der Waals surface area contributed by atoms with Crippen LogP contribution in [0.2, 0.25) is 0 Å². The summed E-state index contributed by atoms with van der Waals surface area (Å²) < 4.78 is 5.31. The summed E-state index contributed by atoms with van der Waals surface area (Å²) in [6, 6.07) is 15.8. The molecule has 1 unspecified atom stereocenters. The van der Waals surface area contributed by atoms with Crippen LogP contribution in [-0.4, -0.2) is 62.1 Å². The van der Waals surface area contributed by atoms with Crippen molar-refractivity contribution < 1.29 is 14.3 Å². The van der Waals surface area contributed by atoms with Gasteiger partial charge in [-0.2, -0.15) is 0 Å². The predicted octanol–water partition coefficient (Wildman–Crippen LogP) is 2.10. The van der Waals surface area contributed by atoms with Gasteiger partial charge in [-0.3, -0.25) is 14.5 Å². The Labute approximate surface area is 195 Å². The van der Waals surface area contributed by atoms with E-state index in [-0.39, 0.29) is 36.6 Å². The van der Waals surface area contributed by atoms with Crippen molar-refractivity contribution in [3.63, 3.8) is 0 Å². The number of carbonyl (C=O) groups is 2. The summed E-state index contributed by atoms with van der Waals surface area (Å²) in [4.78, 5) is 26.8.